The van der Waals surface area contributed by atoms with Crippen molar-refractivity contribution in [2.24, 2.45) is 0 Å². The van der Waals surface area contributed by atoms with Crippen molar-refractivity contribution < 1.29 is 26.0 Å². The molecule has 0 bridgehead atoms. The van der Waals surface area contributed by atoms with Gasteiger partial charge in [0, 0.05) is 19.5 Å². The van der Waals surface area contributed by atoms with Gasteiger partial charge in [-0.15, -0.1) is 0 Å². The van der Waals surface area contributed by atoms with Crippen LogP contribution >= 0.6 is 0 Å². The molecule has 0 spiro atoms. The van der Waals surface area contributed by atoms with Gasteiger partial charge in [-0.2, -0.15) is 22.7 Å². The Morgan fingerprint density at radius 2 is 1.95 bits per heavy atom. The van der Waals surface area contributed by atoms with Gasteiger partial charge in [-0.3, -0.25) is 0 Å². The second kappa shape index (κ2) is 6.41. The lowest BCUT2D eigenvalue weighted by atomic mass is 10.2. The fraction of sp³-hybridized carbons (Fsp3) is 0.417. The van der Waals surface area contributed by atoms with E-state index in [-0.39, 0.29) is 25.6 Å². The summed E-state index contributed by atoms with van der Waals surface area (Å²) in [7, 11) is -4.21. The summed E-state index contributed by atoms with van der Waals surface area (Å²) in [6.07, 6.45) is -5.08. The second-order valence-corrected chi connectivity index (χ2v) is 5.98. The molecular weight excluding hydrogens is 312 g/mol. The number of alkyl halides is 3. The highest BCUT2D eigenvalue weighted by Gasteiger charge is 2.36. The molecule has 0 unspecified atom stereocenters. The fourth-order valence-electron chi connectivity index (χ4n) is 1.65. The zero-order valence-electron chi connectivity index (χ0n) is 11.0. The van der Waals surface area contributed by atoms with E-state index < -0.39 is 32.5 Å². The Hall–Kier alpha value is -1.66. The van der Waals surface area contributed by atoms with E-state index in [0.717, 1.165) is 10.4 Å². The maximum atomic E-state index is 13.2. The smallest absolute Gasteiger partial charge is 0.207 e. The third-order valence-corrected chi connectivity index (χ3v) is 4.68. The van der Waals surface area contributed by atoms with Crippen molar-refractivity contribution in [3.63, 3.8) is 0 Å². The van der Waals surface area contributed by atoms with E-state index in [1.54, 1.807) is 6.07 Å². The highest BCUT2D eigenvalue weighted by Crippen LogP contribution is 2.33. The zero-order chi connectivity index (χ0) is 16.3. The van der Waals surface area contributed by atoms with E-state index in [1.807, 2.05) is 0 Å². The van der Waals surface area contributed by atoms with Crippen molar-refractivity contribution in [3.8, 4) is 6.07 Å². The molecule has 0 saturated carbocycles. The van der Waals surface area contributed by atoms with Crippen LogP contribution in [0.3, 0.4) is 0 Å². The van der Waals surface area contributed by atoms with Gasteiger partial charge >= 0.3 is 6.18 Å². The maximum absolute atomic E-state index is 13.2. The van der Waals surface area contributed by atoms with Crippen molar-refractivity contribution in [2.75, 3.05) is 13.1 Å². The van der Waals surface area contributed by atoms with E-state index in [0.29, 0.717) is 6.07 Å². The largest absolute Gasteiger partial charge is 0.419 e. The highest BCUT2D eigenvalue weighted by molar-refractivity contribution is 7.89. The van der Waals surface area contributed by atoms with Crippen LogP contribution in [0.4, 0.5) is 17.6 Å². The summed E-state index contributed by atoms with van der Waals surface area (Å²) < 4.78 is 76.2. The van der Waals surface area contributed by atoms with Crippen molar-refractivity contribution in [1.82, 2.24) is 4.31 Å². The van der Waals surface area contributed by atoms with Crippen molar-refractivity contribution in [2.45, 2.75) is 24.4 Å². The molecule has 0 fully saturated rings. The number of benzene rings is 1. The normalized spacial score (nSPS) is 12.4. The van der Waals surface area contributed by atoms with Gasteiger partial charge in [0.2, 0.25) is 10.0 Å². The molecule has 4 nitrogen and oxygen atoms in total. The summed E-state index contributed by atoms with van der Waals surface area (Å²) in [6, 6.07) is 3.26. The lowest BCUT2D eigenvalue weighted by Gasteiger charge is -2.20. The molecule has 116 valence electrons. The summed E-state index contributed by atoms with van der Waals surface area (Å²) in [6.45, 7) is 1.33. The minimum absolute atomic E-state index is 0.0112. The topological polar surface area (TPSA) is 61.2 Å². The van der Waals surface area contributed by atoms with Crippen molar-refractivity contribution in [1.29, 1.82) is 5.26 Å². The molecule has 0 saturated heterocycles. The summed E-state index contributed by atoms with van der Waals surface area (Å²) >= 11 is 0. The van der Waals surface area contributed by atoms with Gasteiger partial charge in [0.25, 0.3) is 0 Å². The van der Waals surface area contributed by atoms with E-state index in [4.69, 9.17) is 5.26 Å². The van der Waals surface area contributed by atoms with Crippen LogP contribution in [0.2, 0.25) is 0 Å². The Bertz CT molecular complexity index is 650. The molecule has 1 rings (SSSR count). The van der Waals surface area contributed by atoms with Crippen LogP contribution in [0, 0.1) is 17.1 Å². The van der Waals surface area contributed by atoms with Gasteiger partial charge in [0.15, 0.2) is 0 Å². The first-order valence-electron chi connectivity index (χ1n) is 5.88. The molecule has 1 aromatic rings. The number of hydrogen-bond donors (Lipinski definition) is 0. The van der Waals surface area contributed by atoms with Gasteiger partial charge in [0.05, 0.1) is 16.5 Å². The average Bonchev–Trinajstić information content (AvgIpc) is 2.38. The Morgan fingerprint density at radius 1 is 1.33 bits per heavy atom. The first-order chi connectivity index (χ1) is 9.64. The number of hydrogen-bond acceptors (Lipinski definition) is 3. The monoisotopic (exact) mass is 324 g/mol. The maximum Gasteiger partial charge on any atom is 0.419 e. The van der Waals surface area contributed by atoms with Gasteiger partial charge in [-0.1, -0.05) is 6.92 Å². The Balaban J connectivity index is 3.29. The standard InChI is InChI=1S/C12H12F4N2O2S/c1-2-18(7-3-6-17)21(19,20)9-4-5-11(13)10(8-9)12(14,15)16/h4-5,8H,2-3,7H2,1H3. The van der Waals surface area contributed by atoms with Crippen LogP contribution in [0.25, 0.3) is 0 Å². The molecule has 21 heavy (non-hydrogen) atoms. The van der Waals surface area contributed by atoms with Crippen LogP contribution in [-0.2, 0) is 16.2 Å². The second-order valence-electron chi connectivity index (χ2n) is 4.04. The number of rotatable bonds is 5. The third kappa shape index (κ3) is 3.92. The minimum Gasteiger partial charge on any atom is -0.207 e. The van der Waals surface area contributed by atoms with Gasteiger partial charge in [0.1, 0.15) is 5.82 Å². The van der Waals surface area contributed by atoms with Crippen molar-refractivity contribution in [3.05, 3.63) is 29.6 Å². The number of nitrogens with zero attached hydrogens (tertiary/aromatic N) is 2. The lowest BCUT2D eigenvalue weighted by molar-refractivity contribution is -0.140. The third-order valence-electron chi connectivity index (χ3n) is 2.71. The summed E-state index contributed by atoms with van der Waals surface area (Å²) in [5.74, 6) is -1.54. The van der Waals surface area contributed by atoms with Gasteiger partial charge < -0.3 is 0 Å². The summed E-state index contributed by atoms with van der Waals surface area (Å²) in [5, 5.41) is 8.46. The van der Waals surface area contributed by atoms with E-state index in [1.165, 1.54) is 6.92 Å². The van der Waals surface area contributed by atoms with Crippen LogP contribution in [0.5, 0.6) is 0 Å². The Kier molecular flexibility index (Phi) is 5.31. The van der Waals surface area contributed by atoms with Crippen LogP contribution in [0.1, 0.15) is 18.9 Å². The fourth-order valence-corrected chi connectivity index (χ4v) is 3.13. The van der Waals surface area contributed by atoms with E-state index in [2.05, 4.69) is 0 Å². The SMILES string of the molecule is CCN(CCC#N)S(=O)(=O)c1ccc(F)c(C(F)(F)F)c1. The Labute approximate surface area is 119 Å². The molecule has 0 heterocycles. The lowest BCUT2D eigenvalue weighted by Crippen LogP contribution is -2.32. The predicted molar refractivity (Wildman–Crippen MR) is 66.1 cm³/mol. The molecule has 0 amide bonds. The molecule has 1 aromatic carbocycles. The molecule has 0 aliphatic heterocycles. The molecule has 0 radical (unpaired) electrons. The Morgan fingerprint density at radius 3 is 2.43 bits per heavy atom. The summed E-state index contributed by atoms with van der Waals surface area (Å²) in [4.78, 5) is -0.656. The molecule has 0 aliphatic carbocycles. The van der Waals surface area contributed by atoms with E-state index in [9.17, 15) is 26.0 Å². The van der Waals surface area contributed by atoms with Gasteiger partial charge in [-0.25, -0.2) is 12.8 Å². The van der Waals surface area contributed by atoms with Gasteiger partial charge in [-0.05, 0) is 18.2 Å². The molecule has 9 heteroatoms. The quantitative estimate of drug-likeness (QED) is 0.783. The first-order valence-corrected chi connectivity index (χ1v) is 7.32. The van der Waals surface area contributed by atoms with Crippen LogP contribution in [-0.4, -0.2) is 25.8 Å². The summed E-state index contributed by atoms with van der Waals surface area (Å²) in [5.41, 5.74) is -1.64. The molecule has 0 atom stereocenters. The number of halogens is 4. The molecule has 0 aliphatic rings. The minimum atomic E-state index is -4.99. The average molecular weight is 324 g/mol. The van der Waals surface area contributed by atoms with Crippen LogP contribution in [0.15, 0.2) is 23.1 Å². The first kappa shape index (κ1) is 17.4. The van der Waals surface area contributed by atoms with E-state index >= 15 is 0 Å². The zero-order valence-corrected chi connectivity index (χ0v) is 11.8. The van der Waals surface area contributed by atoms with Crippen LogP contribution < -0.4 is 0 Å². The number of sulfonamides is 1. The predicted octanol–water partition coefficient (Wildman–Crippen LogP) is 2.77. The van der Waals surface area contributed by atoms with Crippen molar-refractivity contribution >= 4 is 10.0 Å². The highest BCUT2D eigenvalue weighted by atomic mass is 32.2. The molecular formula is C12H12F4N2O2S. The number of nitriles is 1. The molecule has 0 aromatic heterocycles. The molecule has 0 N–H and O–H groups in total.